The molecule has 0 bridgehead atoms. The Morgan fingerprint density at radius 1 is 1.60 bits per heavy atom. The lowest BCUT2D eigenvalue weighted by atomic mass is 10.3. The summed E-state index contributed by atoms with van der Waals surface area (Å²) in [6.07, 6.45) is 0.337. The van der Waals surface area contributed by atoms with Gasteiger partial charge in [0.05, 0.1) is 18.1 Å². The molecule has 1 N–H and O–H groups in total. The number of carbonyl (C=O) groups is 1. The zero-order valence-corrected chi connectivity index (χ0v) is 10.6. The maximum Gasteiger partial charge on any atom is 0.226 e. The molecule has 1 aromatic rings. The van der Waals surface area contributed by atoms with Crippen molar-refractivity contribution in [3.8, 4) is 0 Å². The zero-order chi connectivity index (χ0) is 11.3. The van der Waals surface area contributed by atoms with Crippen molar-refractivity contribution in [2.75, 3.05) is 19.0 Å². The van der Waals surface area contributed by atoms with E-state index in [2.05, 4.69) is 21.2 Å². The Morgan fingerprint density at radius 3 is 2.93 bits per heavy atom. The number of hydrogen-bond donors (Lipinski definition) is 1. The van der Waals surface area contributed by atoms with E-state index in [1.807, 2.05) is 0 Å². The van der Waals surface area contributed by atoms with Crippen LogP contribution in [0.4, 0.5) is 5.69 Å². The van der Waals surface area contributed by atoms with Crippen molar-refractivity contribution >= 4 is 39.1 Å². The molecule has 0 saturated heterocycles. The van der Waals surface area contributed by atoms with Gasteiger partial charge >= 0.3 is 0 Å². The van der Waals surface area contributed by atoms with Crippen LogP contribution in [0.1, 0.15) is 6.42 Å². The highest BCUT2D eigenvalue weighted by atomic mass is 79.9. The van der Waals surface area contributed by atoms with Gasteiger partial charge in [-0.05, 0) is 34.1 Å². The summed E-state index contributed by atoms with van der Waals surface area (Å²) in [5.74, 6) is -0.0877. The second-order valence-corrected chi connectivity index (χ2v) is 4.18. The average Bonchev–Trinajstić information content (AvgIpc) is 2.20. The van der Waals surface area contributed by atoms with Gasteiger partial charge in [0.2, 0.25) is 5.91 Å². The van der Waals surface area contributed by atoms with Gasteiger partial charge in [-0.25, -0.2) is 0 Å². The van der Waals surface area contributed by atoms with E-state index in [0.717, 1.165) is 4.47 Å². The highest BCUT2D eigenvalue weighted by Crippen LogP contribution is 2.25. The van der Waals surface area contributed by atoms with E-state index in [-0.39, 0.29) is 5.91 Å². The second-order valence-electron chi connectivity index (χ2n) is 2.92. The fourth-order valence-corrected chi connectivity index (χ4v) is 1.42. The summed E-state index contributed by atoms with van der Waals surface area (Å²) < 4.78 is 5.60. The molecule has 0 spiro atoms. The predicted octanol–water partition coefficient (Wildman–Crippen LogP) is 3.08. The maximum atomic E-state index is 11.3. The molecular formula is C10H11BrClNO2. The van der Waals surface area contributed by atoms with E-state index in [4.69, 9.17) is 16.3 Å². The van der Waals surface area contributed by atoms with Crippen molar-refractivity contribution in [2.24, 2.45) is 0 Å². The summed E-state index contributed by atoms with van der Waals surface area (Å²) >= 11 is 9.15. The summed E-state index contributed by atoms with van der Waals surface area (Å²) in [5.41, 5.74) is 0.685. The molecule has 3 nitrogen and oxygen atoms in total. The topological polar surface area (TPSA) is 38.3 Å². The number of benzene rings is 1. The third-order valence-electron chi connectivity index (χ3n) is 1.74. The molecule has 15 heavy (non-hydrogen) atoms. The zero-order valence-electron chi connectivity index (χ0n) is 8.22. The largest absolute Gasteiger partial charge is 0.384 e. The number of nitrogens with one attached hydrogen (secondary N) is 1. The minimum atomic E-state index is -0.0877. The molecule has 1 aromatic carbocycles. The number of methoxy groups -OCH3 is 1. The third kappa shape index (κ3) is 4.20. The Labute approximate surface area is 102 Å². The van der Waals surface area contributed by atoms with Gasteiger partial charge in [0.15, 0.2) is 0 Å². The first-order valence-electron chi connectivity index (χ1n) is 4.37. The van der Waals surface area contributed by atoms with Crippen LogP contribution in [0.5, 0.6) is 0 Å². The fourth-order valence-electron chi connectivity index (χ4n) is 0.992. The van der Waals surface area contributed by atoms with Gasteiger partial charge in [-0.15, -0.1) is 0 Å². The minimum absolute atomic E-state index is 0.0877. The van der Waals surface area contributed by atoms with Crippen LogP contribution in [0.2, 0.25) is 5.02 Å². The minimum Gasteiger partial charge on any atom is -0.384 e. The average molecular weight is 293 g/mol. The third-order valence-corrected chi connectivity index (χ3v) is 2.97. The van der Waals surface area contributed by atoms with Gasteiger partial charge in [-0.3, -0.25) is 4.79 Å². The summed E-state index contributed by atoms with van der Waals surface area (Å²) in [7, 11) is 1.56. The Morgan fingerprint density at radius 2 is 2.33 bits per heavy atom. The molecule has 1 amide bonds. The van der Waals surface area contributed by atoms with Crippen LogP contribution in [0, 0.1) is 0 Å². The molecule has 82 valence electrons. The number of hydrogen-bond acceptors (Lipinski definition) is 2. The molecule has 0 aromatic heterocycles. The van der Waals surface area contributed by atoms with E-state index in [1.165, 1.54) is 0 Å². The first-order valence-corrected chi connectivity index (χ1v) is 5.54. The Bertz CT molecular complexity index is 357. The van der Waals surface area contributed by atoms with Gasteiger partial charge in [0.1, 0.15) is 0 Å². The Kier molecular flexibility index (Phi) is 5.08. The van der Waals surface area contributed by atoms with Gasteiger partial charge < -0.3 is 10.1 Å². The van der Waals surface area contributed by atoms with Crippen molar-refractivity contribution in [1.82, 2.24) is 0 Å². The lowest BCUT2D eigenvalue weighted by Gasteiger charge is -2.05. The van der Waals surface area contributed by atoms with Crippen LogP contribution in [0.3, 0.4) is 0 Å². The van der Waals surface area contributed by atoms with Crippen LogP contribution in [-0.4, -0.2) is 19.6 Å². The molecule has 0 aliphatic rings. The van der Waals surface area contributed by atoms with E-state index in [9.17, 15) is 4.79 Å². The quantitative estimate of drug-likeness (QED) is 0.926. The SMILES string of the molecule is COCCC(=O)Nc1ccc(Br)c(Cl)c1. The summed E-state index contributed by atoms with van der Waals surface area (Å²) in [5, 5.41) is 3.29. The van der Waals surface area contributed by atoms with Crippen LogP contribution in [0.25, 0.3) is 0 Å². The van der Waals surface area contributed by atoms with Gasteiger partial charge in [-0.1, -0.05) is 11.6 Å². The van der Waals surface area contributed by atoms with Crippen molar-refractivity contribution < 1.29 is 9.53 Å². The molecule has 0 aliphatic heterocycles. The molecule has 5 heteroatoms. The van der Waals surface area contributed by atoms with Gasteiger partial charge in [0, 0.05) is 17.3 Å². The van der Waals surface area contributed by atoms with Crippen molar-refractivity contribution in [2.45, 2.75) is 6.42 Å². The molecule has 0 fully saturated rings. The summed E-state index contributed by atoms with van der Waals surface area (Å²) in [4.78, 5) is 11.3. The fraction of sp³-hybridized carbons (Fsp3) is 0.300. The predicted molar refractivity (Wildman–Crippen MR) is 64.3 cm³/mol. The number of ether oxygens (including phenoxy) is 1. The van der Waals surface area contributed by atoms with E-state index < -0.39 is 0 Å². The van der Waals surface area contributed by atoms with Crippen molar-refractivity contribution in [1.29, 1.82) is 0 Å². The lowest BCUT2D eigenvalue weighted by molar-refractivity contribution is -0.117. The number of amides is 1. The smallest absolute Gasteiger partial charge is 0.226 e. The number of halogens is 2. The lowest BCUT2D eigenvalue weighted by Crippen LogP contribution is -2.13. The number of anilines is 1. The molecule has 0 atom stereocenters. The van der Waals surface area contributed by atoms with Crippen LogP contribution in [0.15, 0.2) is 22.7 Å². The van der Waals surface area contributed by atoms with Crippen LogP contribution in [-0.2, 0) is 9.53 Å². The molecule has 0 radical (unpaired) electrons. The molecule has 0 heterocycles. The highest BCUT2D eigenvalue weighted by molar-refractivity contribution is 9.10. The van der Waals surface area contributed by atoms with E-state index in [0.29, 0.717) is 23.7 Å². The van der Waals surface area contributed by atoms with Crippen LogP contribution >= 0.6 is 27.5 Å². The van der Waals surface area contributed by atoms with Crippen LogP contribution < -0.4 is 5.32 Å². The molecular weight excluding hydrogens is 281 g/mol. The van der Waals surface area contributed by atoms with Crippen molar-refractivity contribution in [3.63, 3.8) is 0 Å². The van der Waals surface area contributed by atoms with Gasteiger partial charge in [0.25, 0.3) is 0 Å². The monoisotopic (exact) mass is 291 g/mol. The molecule has 0 unspecified atom stereocenters. The first kappa shape index (κ1) is 12.5. The van der Waals surface area contributed by atoms with E-state index >= 15 is 0 Å². The second kappa shape index (κ2) is 6.10. The number of rotatable bonds is 4. The number of carbonyl (C=O) groups excluding carboxylic acids is 1. The molecule has 0 aliphatic carbocycles. The van der Waals surface area contributed by atoms with Crippen molar-refractivity contribution in [3.05, 3.63) is 27.7 Å². The standard InChI is InChI=1S/C10H11BrClNO2/c1-15-5-4-10(14)13-7-2-3-8(11)9(12)6-7/h2-3,6H,4-5H2,1H3,(H,13,14). The normalized spacial score (nSPS) is 10.1. The Balaban J connectivity index is 2.57. The van der Waals surface area contributed by atoms with E-state index in [1.54, 1.807) is 25.3 Å². The first-order chi connectivity index (χ1) is 7.13. The highest BCUT2D eigenvalue weighted by Gasteiger charge is 2.03. The molecule has 0 saturated carbocycles. The van der Waals surface area contributed by atoms with Gasteiger partial charge in [-0.2, -0.15) is 0 Å². The summed E-state index contributed by atoms with van der Waals surface area (Å²) in [6.45, 7) is 0.413. The molecule has 1 rings (SSSR count). The summed E-state index contributed by atoms with van der Waals surface area (Å²) in [6, 6.07) is 5.26. The maximum absolute atomic E-state index is 11.3. The Hall–Kier alpha value is -0.580.